The Morgan fingerprint density at radius 2 is 1.86 bits per heavy atom. The van der Waals surface area contributed by atoms with Gasteiger partial charge in [-0.15, -0.1) is 0 Å². The molecule has 1 saturated heterocycles. The molecule has 0 saturated carbocycles. The molecule has 0 aromatic heterocycles. The SMILES string of the molecule is CCN1CCN(C(CN)c2ccc(OC)c(OC)c2Cl)CC1. The van der Waals surface area contributed by atoms with E-state index < -0.39 is 0 Å². The third-order valence-electron chi connectivity index (χ3n) is 4.39. The Labute approximate surface area is 137 Å². The molecule has 1 heterocycles. The Balaban J connectivity index is 2.24. The summed E-state index contributed by atoms with van der Waals surface area (Å²) >= 11 is 6.54. The predicted octanol–water partition coefficient (Wildman–Crippen LogP) is 1.99. The molecule has 0 bridgehead atoms. The maximum absolute atomic E-state index is 6.54. The summed E-state index contributed by atoms with van der Waals surface area (Å²) < 4.78 is 10.7. The van der Waals surface area contributed by atoms with Crippen molar-refractivity contribution in [1.82, 2.24) is 9.80 Å². The fourth-order valence-corrected chi connectivity index (χ4v) is 3.39. The highest BCUT2D eigenvalue weighted by atomic mass is 35.5. The van der Waals surface area contributed by atoms with E-state index in [4.69, 9.17) is 26.8 Å². The van der Waals surface area contributed by atoms with Crippen molar-refractivity contribution in [2.24, 2.45) is 5.73 Å². The molecule has 0 aliphatic carbocycles. The van der Waals surface area contributed by atoms with Crippen LogP contribution in [-0.4, -0.2) is 63.3 Å². The molecular weight excluding hydrogens is 302 g/mol. The van der Waals surface area contributed by atoms with Crippen molar-refractivity contribution in [1.29, 1.82) is 0 Å². The van der Waals surface area contributed by atoms with E-state index in [0.717, 1.165) is 38.3 Å². The van der Waals surface area contributed by atoms with Gasteiger partial charge in [0.25, 0.3) is 0 Å². The van der Waals surface area contributed by atoms with E-state index >= 15 is 0 Å². The second-order valence-electron chi connectivity index (χ2n) is 5.43. The molecule has 1 atom stereocenters. The fraction of sp³-hybridized carbons (Fsp3) is 0.625. The van der Waals surface area contributed by atoms with Gasteiger partial charge in [0, 0.05) is 38.8 Å². The summed E-state index contributed by atoms with van der Waals surface area (Å²) in [5.41, 5.74) is 7.05. The first-order chi connectivity index (χ1) is 10.7. The molecule has 2 N–H and O–H groups in total. The molecule has 1 fully saturated rings. The summed E-state index contributed by atoms with van der Waals surface area (Å²) in [5, 5.41) is 0.593. The third-order valence-corrected chi connectivity index (χ3v) is 4.78. The summed E-state index contributed by atoms with van der Waals surface area (Å²) in [6, 6.07) is 3.99. The van der Waals surface area contributed by atoms with E-state index in [9.17, 15) is 0 Å². The summed E-state index contributed by atoms with van der Waals surface area (Å²) in [5.74, 6) is 1.22. The van der Waals surface area contributed by atoms with Crippen molar-refractivity contribution in [2.75, 3.05) is 53.5 Å². The lowest BCUT2D eigenvalue weighted by Crippen LogP contribution is -2.48. The number of benzene rings is 1. The van der Waals surface area contributed by atoms with Crippen molar-refractivity contribution in [3.63, 3.8) is 0 Å². The smallest absolute Gasteiger partial charge is 0.179 e. The van der Waals surface area contributed by atoms with Gasteiger partial charge in [-0.3, -0.25) is 4.90 Å². The van der Waals surface area contributed by atoms with Gasteiger partial charge in [0.2, 0.25) is 0 Å². The average Bonchev–Trinajstić information content (AvgIpc) is 2.57. The molecule has 5 nitrogen and oxygen atoms in total. The molecule has 22 heavy (non-hydrogen) atoms. The zero-order valence-electron chi connectivity index (χ0n) is 13.6. The van der Waals surface area contributed by atoms with Gasteiger partial charge in [0.15, 0.2) is 11.5 Å². The number of hydrogen-bond donors (Lipinski definition) is 1. The van der Waals surface area contributed by atoms with E-state index in [2.05, 4.69) is 16.7 Å². The van der Waals surface area contributed by atoms with Crippen LogP contribution in [0.5, 0.6) is 11.5 Å². The molecule has 0 spiro atoms. The summed E-state index contributed by atoms with van der Waals surface area (Å²) in [6.45, 7) is 7.96. The van der Waals surface area contributed by atoms with Gasteiger partial charge < -0.3 is 20.1 Å². The number of nitrogens with two attached hydrogens (primary N) is 1. The van der Waals surface area contributed by atoms with Gasteiger partial charge in [0.05, 0.1) is 19.2 Å². The molecule has 0 amide bonds. The molecular formula is C16H26ClN3O2. The van der Waals surface area contributed by atoms with Crippen molar-refractivity contribution < 1.29 is 9.47 Å². The number of halogens is 1. The molecule has 1 aliphatic rings. The lowest BCUT2D eigenvalue weighted by molar-refractivity contribution is 0.102. The van der Waals surface area contributed by atoms with Crippen LogP contribution in [0.3, 0.4) is 0 Å². The molecule has 0 radical (unpaired) electrons. The molecule has 1 unspecified atom stereocenters. The van der Waals surface area contributed by atoms with Crippen molar-refractivity contribution in [3.05, 3.63) is 22.7 Å². The number of rotatable bonds is 6. The normalized spacial score (nSPS) is 18.2. The number of likely N-dealkylation sites (N-methyl/N-ethyl adjacent to an activating group) is 1. The van der Waals surface area contributed by atoms with Crippen LogP contribution in [0.1, 0.15) is 18.5 Å². The van der Waals surface area contributed by atoms with Gasteiger partial charge in [0.1, 0.15) is 0 Å². The number of nitrogens with zero attached hydrogens (tertiary/aromatic N) is 2. The lowest BCUT2D eigenvalue weighted by atomic mass is 10.0. The number of hydrogen-bond acceptors (Lipinski definition) is 5. The standard InChI is InChI=1S/C16H26ClN3O2/c1-4-19-7-9-20(10-8-19)13(11-18)12-5-6-14(21-2)16(22-3)15(12)17/h5-6,13H,4,7-11,18H2,1-3H3. The van der Waals surface area contributed by atoms with Crippen LogP contribution in [0.25, 0.3) is 0 Å². The second-order valence-corrected chi connectivity index (χ2v) is 5.80. The van der Waals surface area contributed by atoms with Crippen LogP contribution in [0.2, 0.25) is 5.02 Å². The molecule has 1 aromatic carbocycles. The Kier molecular flexibility index (Phi) is 6.32. The van der Waals surface area contributed by atoms with Crippen LogP contribution in [0.4, 0.5) is 0 Å². The van der Waals surface area contributed by atoms with Gasteiger partial charge >= 0.3 is 0 Å². The molecule has 6 heteroatoms. The largest absolute Gasteiger partial charge is 0.493 e. The monoisotopic (exact) mass is 327 g/mol. The zero-order chi connectivity index (χ0) is 16.1. The first-order valence-electron chi connectivity index (χ1n) is 7.73. The number of ether oxygens (including phenoxy) is 2. The Morgan fingerprint density at radius 3 is 2.36 bits per heavy atom. The minimum atomic E-state index is 0.103. The van der Waals surface area contributed by atoms with Crippen molar-refractivity contribution in [2.45, 2.75) is 13.0 Å². The Morgan fingerprint density at radius 1 is 1.18 bits per heavy atom. The van der Waals surface area contributed by atoms with E-state index in [0.29, 0.717) is 23.1 Å². The highest BCUT2D eigenvalue weighted by Crippen LogP contribution is 2.40. The molecule has 2 rings (SSSR count). The maximum Gasteiger partial charge on any atom is 0.179 e. The van der Waals surface area contributed by atoms with E-state index in [1.807, 2.05) is 12.1 Å². The van der Waals surface area contributed by atoms with Gasteiger partial charge in [-0.05, 0) is 18.2 Å². The van der Waals surface area contributed by atoms with Crippen molar-refractivity contribution >= 4 is 11.6 Å². The second kappa shape index (κ2) is 8.02. The summed E-state index contributed by atoms with van der Waals surface area (Å²) in [7, 11) is 3.21. The van der Waals surface area contributed by atoms with Crippen LogP contribution >= 0.6 is 11.6 Å². The van der Waals surface area contributed by atoms with Crippen LogP contribution in [0, 0.1) is 0 Å². The summed E-state index contributed by atoms with van der Waals surface area (Å²) in [4.78, 5) is 4.85. The highest BCUT2D eigenvalue weighted by Gasteiger charge is 2.27. The van der Waals surface area contributed by atoms with Crippen LogP contribution in [0.15, 0.2) is 12.1 Å². The Hall–Kier alpha value is -1.01. The van der Waals surface area contributed by atoms with E-state index in [-0.39, 0.29) is 6.04 Å². The molecule has 1 aliphatic heterocycles. The van der Waals surface area contributed by atoms with Gasteiger partial charge in [-0.1, -0.05) is 24.6 Å². The first-order valence-corrected chi connectivity index (χ1v) is 8.10. The van der Waals surface area contributed by atoms with Crippen LogP contribution < -0.4 is 15.2 Å². The van der Waals surface area contributed by atoms with Gasteiger partial charge in [-0.2, -0.15) is 0 Å². The van der Waals surface area contributed by atoms with Gasteiger partial charge in [-0.25, -0.2) is 0 Å². The fourth-order valence-electron chi connectivity index (χ4n) is 3.03. The average molecular weight is 328 g/mol. The van der Waals surface area contributed by atoms with E-state index in [1.54, 1.807) is 14.2 Å². The zero-order valence-corrected chi connectivity index (χ0v) is 14.4. The summed E-state index contributed by atoms with van der Waals surface area (Å²) in [6.07, 6.45) is 0. The van der Waals surface area contributed by atoms with Crippen LogP contribution in [-0.2, 0) is 0 Å². The lowest BCUT2D eigenvalue weighted by Gasteiger charge is -2.39. The molecule has 124 valence electrons. The minimum absolute atomic E-state index is 0.103. The highest BCUT2D eigenvalue weighted by molar-refractivity contribution is 6.33. The van der Waals surface area contributed by atoms with Crippen molar-refractivity contribution in [3.8, 4) is 11.5 Å². The quantitative estimate of drug-likeness (QED) is 0.866. The number of methoxy groups -OCH3 is 2. The topological polar surface area (TPSA) is 51.0 Å². The first kappa shape index (κ1) is 17.3. The maximum atomic E-state index is 6.54. The number of piperazine rings is 1. The molecule has 1 aromatic rings. The third kappa shape index (κ3) is 3.49. The Bertz CT molecular complexity index is 491. The minimum Gasteiger partial charge on any atom is -0.493 e. The predicted molar refractivity (Wildman–Crippen MR) is 90.0 cm³/mol. The van der Waals surface area contributed by atoms with E-state index in [1.165, 1.54) is 0 Å².